The van der Waals surface area contributed by atoms with Crippen molar-refractivity contribution in [3.8, 4) is 0 Å². The van der Waals surface area contributed by atoms with Crippen LogP contribution in [0.1, 0.15) is 26.5 Å². The van der Waals surface area contributed by atoms with Crippen molar-refractivity contribution in [1.29, 1.82) is 0 Å². The minimum atomic E-state index is -0.513. The molecule has 27 heavy (non-hydrogen) atoms. The quantitative estimate of drug-likeness (QED) is 0.492. The van der Waals surface area contributed by atoms with Crippen molar-refractivity contribution < 1.29 is 9.72 Å². The van der Waals surface area contributed by atoms with E-state index >= 15 is 0 Å². The summed E-state index contributed by atoms with van der Waals surface area (Å²) in [6.07, 6.45) is 0. The number of anilines is 1. The van der Waals surface area contributed by atoms with Crippen LogP contribution in [-0.4, -0.2) is 26.1 Å². The number of nitrogens with zero attached hydrogens (tertiary/aromatic N) is 3. The van der Waals surface area contributed by atoms with Gasteiger partial charge in [-0.05, 0) is 6.07 Å². The van der Waals surface area contributed by atoms with E-state index in [2.05, 4.69) is 10.3 Å². The Kier molecular flexibility index (Phi) is 5.05. The molecule has 1 N–H and O–H groups in total. The molecular formula is C18H20N4O4S. The topological polar surface area (TPSA) is 107 Å². The van der Waals surface area contributed by atoms with Gasteiger partial charge >= 0.3 is 0 Å². The third-order valence-corrected chi connectivity index (χ3v) is 5.39. The Labute approximate surface area is 160 Å². The van der Waals surface area contributed by atoms with Gasteiger partial charge in [-0.2, -0.15) is 0 Å². The lowest BCUT2D eigenvalue weighted by atomic mass is 9.92. The number of hydrogen-bond acceptors (Lipinski definition) is 6. The molecule has 1 aliphatic heterocycles. The highest BCUT2D eigenvalue weighted by molar-refractivity contribution is 7.99. The molecule has 3 rings (SSSR count). The minimum Gasteiger partial charge on any atom is -0.326 e. The molecule has 1 aromatic heterocycles. The monoisotopic (exact) mass is 388 g/mol. The fraction of sp³-hybridized carbons (Fsp3) is 0.389. The van der Waals surface area contributed by atoms with Crippen molar-refractivity contribution in [2.75, 3.05) is 11.1 Å². The molecule has 0 saturated carbocycles. The molecule has 0 spiro atoms. The van der Waals surface area contributed by atoms with Gasteiger partial charge in [0.1, 0.15) is 0 Å². The van der Waals surface area contributed by atoms with E-state index in [1.54, 1.807) is 6.07 Å². The summed E-state index contributed by atoms with van der Waals surface area (Å²) < 4.78 is 1.51. The van der Waals surface area contributed by atoms with Crippen LogP contribution < -0.4 is 10.9 Å². The summed E-state index contributed by atoms with van der Waals surface area (Å²) >= 11 is 1.37. The van der Waals surface area contributed by atoms with Crippen molar-refractivity contribution in [3.63, 3.8) is 0 Å². The van der Waals surface area contributed by atoms with Gasteiger partial charge < -0.3 is 5.32 Å². The third-order valence-electron chi connectivity index (χ3n) is 4.25. The summed E-state index contributed by atoms with van der Waals surface area (Å²) in [6, 6.07) is 7.30. The van der Waals surface area contributed by atoms with Crippen LogP contribution in [0.4, 0.5) is 11.4 Å². The van der Waals surface area contributed by atoms with E-state index < -0.39 is 10.8 Å². The van der Waals surface area contributed by atoms with Gasteiger partial charge in [0, 0.05) is 41.6 Å². The Morgan fingerprint density at radius 1 is 1.37 bits per heavy atom. The molecule has 1 unspecified atom stereocenters. The van der Waals surface area contributed by atoms with Crippen molar-refractivity contribution in [3.05, 3.63) is 56.5 Å². The standard InChI is InChI=1S/C18H20N4O4S/c1-18(2,3)14-8-15(23)21-9-11(10-27-17(21)20-14)16(24)19-12-5-4-6-13(7-12)22(25)26/h4-8,11H,9-10H2,1-3H3,(H,19,24). The van der Waals surface area contributed by atoms with Crippen LogP contribution in [0.3, 0.4) is 0 Å². The van der Waals surface area contributed by atoms with Crippen molar-refractivity contribution in [2.24, 2.45) is 5.92 Å². The molecular weight excluding hydrogens is 368 g/mol. The molecule has 8 nitrogen and oxygen atoms in total. The molecule has 2 aromatic rings. The number of amides is 1. The first-order chi connectivity index (χ1) is 12.6. The lowest BCUT2D eigenvalue weighted by Gasteiger charge is -2.26. The Hall–Kier alpha value is -2.68. The number of thioether (sulfide) groups is 1. The van der Waals surface area contributed by atoms with Crippen LogP contribution in [-0.2, 0) is 16.8 Å². The number of nitro benzene ring substituents is 1. The summed E-state index contributed by atoms with van der Waals surface area (Å²) in [7, 11) is 0. The zero-order chi connectivity index (χ0) is 19.8. The van der Waals surface area contributed by atoms with Gasteiger partial charge in [0.05, 0.1) is 16.5 Å². The van der Waals surface area contributed by atoms with E-state index in [1.807, 2.05) is 20.8 Å². The van der Waals surface area contributed by atoms with Crippen molar-refractivity contribution >= 4 is 29.0 Å². The summed E-state index contributed by atoms with van der Waals surface area (Å²) in [5.74, 6) is -0.219. The average molecular weight is 388 g/mol. The second-order valence-electron chi connectivity index (χ2n) is 7.43. The normalized spacial score (nSPS) is 16.5. The van der Waals surface area contributed by atoms with Crippen LogP contribution in [0.5, 0.6) is 0 Å². The number of non-ortho nitro benzene ring substituents is 1. The Bertz CT molecular complexity index is 965. The van der Waals surface area contributed by atoms with Crippen molar-refractivity contribution in [1.82, 2.24) is 9.55 Å². The molecule has 142 valence electrons. The maximum Gasteiger partial charge on any atom is 0.271 e. The van der Waals surface area contributed by atoms with E-state index in [0.717, 1.165) is 5.69 Å². The molecule has 9 heteroatoms. The number of nitrogens with one attached hydrogen (secondary N) is 1. The Balaban J connectivity index is 1.78. The lowest BCUT2D eigenvalue weighted by Crippen LogP contribution is -2.37. The number of fused-ring (bicyclic) bond motifs is 1. The van der Waals surface area contributed by atoms with Crippen molar-refractivity contribution in [2.45, 2.75) is 37.9 Å². The SMILES string of the molecule is CC(C)(C)c1cc(=O)n2c(n1)SCC(C(=O)Nc1cccc([N+](=O)[O-])c1)C2. The zero-order valence-corrected chi connectivity index (χ0v) is 16.1. The highest BCUT2D eigenvalue weighted by Gasteiger charge is 2.28. The predicted molar refractivity (Wildman–Crippen MR) is 103 cm³/mol. The predicted octanol–water partition coefficient (Wildman–Crippen LogP) is 2.81. The third kappa shape index (κ3) is 4.19. The number of rotatable bonds is 3. The molecule has 0 fully saturated rings. The smallest absolute Gasteiger partial charge is 0.271 e. The summed E-state index contributed by atoms with van der Waals surface area (Å²) in [5, 5.41) is 14.2. The maximum absolute atomic E-state index is 12.6. The number of nitro groups is 1. The fourth-order valence-corrected chi connectivity index (χ4v) is 3.79. The largest absolute Gasteiger partial charge is 0.326 e. The van der Waals surface area contributed by atoms with Gasteiger partial charge in [-0.1, -0.05) is 38.6 Å². The highest BCUT2D eigenvalue weighted by Crippen LogP contribution is 2.28. The first-order valence-corrected chi connectivity index (χ1v) is 9.44. The fourth-order valence-electron chi connectivity index (χ4n) is 2.70. The number of carbonyl (C=O) groups excluding carboxylic acids is 1. The van der Waals surface area contributed by atoms with Gasteiger partial charge in [0.2, 0.25) is 5.91 Å². The second kappa shape index (κ2) is 7.15. The zero-order valence-electron chi connectivity index (χ0n) is 15.3. The molecule has 1 aromatic carbocycles. The summed E-state index contributed by atoms with van der Waals surface area (Å²) in [6.45, 7) is 6.22. The molecule has 0 aliphatic carbocycles. The minimum absolute atomic E-state index is 0.0914. The van der Waals surface area contributed by atoms with E-state index in [4.69, 9.17) is 0 Å². The van der Waals surface area contributed by atoms with Crippen LogP contribution in [0.25, 0.3) is 0 Å². The maximum atomic E-state index is 12.6. The molecule has 0 radical (unpaired) electrons. The first kappa shape index (κ1) is 19.1. The van der Waals surface area contributed by atoms with Crippen LogP contribution in [0, 0.1) is 16.0 Å². The highest BCUT2D eigenvalue weighted by atomic mass is 32.2. The number of carbonyl (C=O) groups is 1. The van der Waals surface area contributed by atoms with Gasteiger partial charge in [-0.25, -0.2) is 4.98 Å². The molecule has 1 amide bonds. The van der Waals surface area contributed by atoms with Crippen LogP contribution in [0.2, 0.25) is 0 Å². The Morgan fingerprint density at radius 3 is 2.78 bits per heavy atom. The van der Waals surface area contributed by atoms with E-state index in [1.165, 1.54) is 40.6 Å². The summed E-state index contributed by atoms with van der Waals surface area (Å²) in [5.41, 5.74) is 0.590. The van der Waals surface area contributed by atoms with E-state index in [9.17, 15) is 19.7 Å². The number of benzene rings is 1. The van der Waals surface area contributed by atoms with E-state index in [-0.39, 0.29) is 29.1 Å². The Morgan fingerprint density at radius 2 is 2.11 bits per heavy atom. The molecule has 0 saturated heterocycles. The first-order valence-electron chi connectivity index (χ1n) is 8.45. The number of hydrogen-bond donors (Lipinski definition) is 1. The summed E-state index contributed by atoms with van der Waals surface area (Å²) in [4.78, 5) is 40.0. The second-order valence-corrected chi connectivity index (χ2v) is 8.41. The van der Waals surface area contributed by atoms with Crippen LogP contribution >= 0.6 is 11.8 Å². The molecule has 1 atom stereocenters. The van der Waals surface area contributed by atoms with Crippen LogP contribution in [0.15, 0.2) is 40.3 Å². The van der Waals surface area contributed by atoms with Gasteiger partial charge in [0.25, 0.3) is 11.2 Å². The molecule has 1 aliphatic rings. The number of aromatic nitrogens is 2. The van der Waals surface area contributed by atoms with Gasteiger partial charge in [0.15, 0.2) is 5.16 Å². The van der Waals surface area contributed by atoms with E-state index in [0.29, 0.717) is 16.6 Å². The van der Waals surface area contributed by atoms with Gasteiger partial charge in [-0.3, -0.25) is 24.3 Å². The lowest BCUT2D eigenvalue weighted by molar-refractivity contribution is -0.384. The van der Waals surface area contributed by atoms with Gasteiger partial charge in [-0.15, -0.1) is 0 Å². The average Bonchev–Trinajstić information content (AvgIpc) is 2.60. The molecule has 0 bridgehead atoms. The molecule has 2 heterocycles.